The van der Waals surface area contributed by atoms with Crippen LogP contribution in [0.4, 0.5) is 5.69 Å². The fourth-order valence-electron chi connectivity index (χ4n) is 2.07. The molecule has 0 bridgehead atoms. The van der Waals surface area contributed by atoms with Crippen LogP contribution in [0, 0.1) is 0 Å². The molecule has 0 amide bonds. The van der Waals surface area contributed by atoms with Crippen LogP contribution in [0.3, 0.4) is 0 Å². The smallest absolute Gasteiger partial charge is 0.195 e. The molecule has 1 aromatic heterocycles. The summed E-state index contributed by atoms with van der Waals surface area (Å²) in [5, 5.41) is 1.62. The molecule has 0 fully saturated rings. The zero-order valence-corrected chi connectivity index (χ0v) is 11.1. The van der Waals surface area contributed by atoms with Gasteiger partial charge in [0, 0.05) is 40.0 Å². The van der Waals surface area contributed by atoms with Gasteiger partial charge in [0.15, 0.2) is 5.43 Å². The minimum absolute atomic E-state index is 0.128. The Kier molecular flexibility index (Phi) is 2.56. The summed E-state index contributed by atoms with van der Waals surface area (Å²) < 4.78 is 2.09. The van der Waals surface area contributed by atoms with Crippen molar-refractivity contribution in [3.05, 3.63) is 52.7 Å². The van der Waals surface area contributed by atoms with E-state index in [-0.39, 0.29) is 5.43 Å². The van der Waals surface area contributed by atoms with Crippen molar-refractivity contribution in [1.29, 1.82) is 0 Å². The highest BCUT2D eigenvalue weighted by atomic mass is 32.1. The maximum absolute atomic E-state index is 12.5. The molecule has 90 valence electrons. The van der Waals surface area contributed by atoms with E-state index in [1.54, 1.807) is 11.3 Å². The van der Waals surface area contributed by atoms with Gasteiger partial charge < -0.3 is 4.90 Å². The third kappa shape index (κ3) is 1.68. The lowest BCUT2D eigenvalue weighted by Gasteiger charge is -2.12. The predicted octanol–water partition coefficient (Wildman–Crippen LogP) is 3.48. The molecule has 0 spiro atoms. The molecule has 2 nitrogen and oxygen atoms in total. The first-order chi connectivity index (χ1) is 8.66. The van der Waals surface area contributed by atoms with E-state index in [1.807, 2.05) is 61.5 Å². The van der Waals surface area contributed by atoms with Crippen LogP contribution in [-0.2, 0) is 0 Å². The summed E-state index contributed by atoms with van der Waals surface area (Å²) in [6.07, 6.45) is 0. The molecule has 0 aliphatic rings. The zero-order chi connectivity index (χ0) is 12.7. The van der Waals surface area contributed by atoms with Crippen LogP contribution in [0.15, 0.2) is 47.3 Å². The van der Waals surface area contributed by atoms with Crippen LogP contribution in [-0.4, -0.2) is 14.1 Å². The van der Waals surface area contributed by atoms with Gasteiger partial charge in [-0.05, 0) is 30.3 Å². The maximum Gasteiger partial charge on any atom is 0.195 e. The van der Waals surface area contributed by atoms with Gasteiger partial charge in [-0.1, -0.05) is 12.1 Å². The number of anilines is 1. The molecule has 0 N–H and O–H groups in total. The van der Waals surface area contributed by atoms with Gasteiger partial charge in [0.1, 0.15) is 0 Å². The topological polar surface area (TPSA) is 20.3 Å². The third-order valence-corrected chi connectivity index (χ3v) is 4.23. The van der Waals surface area contributed by atoms with Crippen molar-refractivity contribution < 1.29 is 0 Å². The lowest BCUT2D eigenvalue weighted by atomic mass is 10.1. The van der Waals surface area contributed by atoms with Gasteiger partial charge in [-0.25, -0.2) is 0 Å². The summed E-state index contributed by atoms with van der Waals surface area (Å²) in [7, 11) is 3.96. The normalized spacial score (nSPS) is 11.0. The Balaban J connectivity index is 2.45. The van der Waals surface area contributed by atoms with Crippen molar-refractivity contribution in [2.75, 3.05) is 19.0 Å². The molecule has 0 saturated heterocycles. The molecular formula is C15H13NOS. The quantitative estimate of drug-likeness (QED) is 0.620. The second kappa shape index (κ2) is 4.10. The summed E-state index contributed by atoms with van der Waals surface area (Å²) in [6, 6.07) is 13.8. The number of nitrogens with zero attached hydrogens (tertiary/aromatic N) is 1. The fourth-order valence-corrected chi connectivity index (χ4v) is 3.12. The van der Waals surface area contributed by atoms with E-state index in [9.17, 15) is 4.79 Å². The van der Waals surface area contributed by atoms with Crippen molar-refractivity contribution in [3.63, 3.8) is 0 Å². The van der Waals surface area contributed by atoms with Crippen LogP contribution in [0.2, 0.25) is 0 Å². The lowest BCUT2D eigenvalue weighted by molar-refractivity contribution is 1.14. The minimum Gasteiger partial charge on any atom is -0.378 e. The van der Waals surface area contributed by atoms with E-state index in [4.69, 9.17) is 0 Å². The van der Waals surface area contributed by atoms with Crippen molar-refractivity contribution in [1.82, 2.24) is 0 Å². The van der Waals surface area contributed by atoms with E-state index in [2.05, 4.69) is 0 Å². The van der Waals surface area contributed by atoms with Crippen LogP contribution in [0.1, 0.15) is 0 Å². The average molecular weight is 255 g/mol. The van der Waals surface area contributed by atoms with Gasteiger partial charge in [0.2, 0.25) is 0 Å². The monoisotopic (exact) mass is 255 g/mol. The second-order valence-corrected chi connectivity index (χ2v) is 5.59. The van der Waals surface area contributed by atoms with Gasteiger partial charge in [-0.3, -0.25) is 4.79 Å². The standard InChI is InChI=1S/C15H13NOS/c1-16(2)10-7-8-14-12(9-10)15(17)11-5-3-4-6-13(11)18-14/h3-9H,1-2H3. The molecule has 2 aromatic carbocycles. The van der Waals surface area contributed by atoms with Crippen LogP contribution >= 0.6 is 11.3 Å². The first kappa shape index (κ1) is 11.2. The van der Waals surface area contributed by atoms with Gasteiger partial charge >= 0.3 is 0 Å². The molecule has 3 rings (SSSR count). The molecule has 0 unspecified atom stereocenters. The van der Waals surface area contributed by atoms with E-state index >= 15 is 0 Å². The van der Waals surface area contributed by atoms with Crippen LogP contribution < -0.4 is 10.3 Å². The first-order valence-corrected chi connectivity index (χ1v) is 6.61. The number of benzene rings is 2. The molecule has 0 radical (unpaired) electrons. The number of hydrogen-bond donors (Lipinski definition) is 0. The highest BCUT2D eigenvalue weighted by Gasteiger charge is 2.06. The molecule has 3 aromatic rings. The van der Waals surface area contributed by atoms with Gasteiger partial charge in [-0.2, -0.15) is 0 Å². The van der Waals surface area contributed by atoms with Gasteiger partial charge in [0.05, 0.1) is 0 Å². The van der Waals surface area contributed by atoms with Crippen molar-refractivity contribution in [2.45, 2.75) is 0 Å². The van der Waals surface area contributed by atoms with Crippen LogP contribution in [0.5, 0.6) is 0 Å². The van der Waals surface area contributed by atoms with Gasteiger partial charge in [-0.15, -0.1) is 11.3 Å². The Morgan fingerprint density at radius 3 is 2.44 bits per heavy atom. The minimum atomic E-state index is 0.128. The van der Waals surface area contributed by atoms with Crippen molar-refractivity contribution >= 4 is 37.2 Å². The highest BCUT2D eigenvalue weighted by Crippen LogP contribution is 2.26. The lowest BCUT2D eigenvalue weighted by Crippen LogP contribution is -2.09. The summed E-state index contributed by atoms with van der Waals surface area (Å²) in [5.74, 6) is 0. The Morgan fingerprint density at radius 1 is 0.944 bits per heavy atom. The molecule has 0 aliphatic heterocycles. The summed E-state index contributed by atoms with van der Waals surface area (Å²) in [5.41, 5.74) is 1.19. The second-order valence-electron chi connectivity index (χ2n) is 4.50. The summed E-state index contributed by atoms with van der Waals surface area (Å²) >= 11 is 1.67. The SMILES string of the molecule is CN(C)c1ccc2sc3ccccc3c(=O)c2c1. The zero-order valence-electron chi connectivity index (χ0n) is 10.3. The molecule has 1 heterocycles. The Labute approximate surface area is 109 Å². The fraction of sp³-hybridized carbons (Fsp3) is 0.133. The summed E-state index contributed by atoms with van der Waals surface area (Å²) in [4.78, 5) is 14.5. The molecule has 0 saturated carbocycles. The largest absolute Gasteiger partial charge is 0.378 e. The third-order valence-electron chi connectivity index (χ3n) is 3.08. The first-order valence-electron chi connectivity index (χ1n) is 5.80. The van der Waals surface area contributed by atoms with E-state index in [0.717, 1.165) is 25.9 Å². The molecule has 0 aliphatic carbocycles. The molecule has 18 heavy (non-hydrogen) atoms. The Bertz CT molecular complexity index is 789. The number of rotatable bonds is 1. The maximum atomic E-state index is 12.5. The van der Waals surface area contributed by atoms with Crippen LogP contribution in [0.25, 0.3) is 20.2 Å². The number of fused-ring (bicyclic) bond motifs is 2. The molecule has 3 heteroatoms. The molecular weight excluding hydrogens is 242 g/mol. The highest BCUT2D eigenvalue weighted by molar-refractivity contribution is 7.24. The average Bonchev–Trinajstić information content (AvgIpc) is 2.38. The van der Waals surface area contributed by atoms with E-state index in [1.165, 1.54) is 0 Å². The molecule has 0 atom stereocenters. The predicted molar refractivity (Wildman–Crippen MR) is 79.9 cm³/mol. The van der Waals surface area contributed by atoms with Crippen molar-refractivity contribution in [3.8, 4) is 0 Å². The Hall–Kier alpha value is -1.87. The van der Waals surface area contributed by atoms with E-state index in [0.29, 0.717) is 0 Å². The Morgan fingerprint density at radius 2 is 1.67 bits per heavy atom. The van der Waals surface area contributed by atoms with Crippen molar-refractivity contribution in [2.24, 2.45) is 0 Å². The van der Waals surface area contributed by atoms with Gasteiger partial charge in [0.25, 0.3) is 0 Å². The number of hydrogen-bond acceptors (Lipinski definition) is 3. The summed E-state index contributed by atoms with van der Waals surface area (Å²) in [6.45, 7) is 0. The van der Waals surface area contributed by atoms with E-state index < -0.39 is 0 Å².